The Balaban J connectivity index is 1.87. The Labute approximate surface area is 115 Å². The summed E-state index contributed by atoms with van der Waals surface area (Å²) < 4.78 is 0. The van der Waals surface area contributed by atoms with Crippen molar-refractivity contribution in [3.05, 3.63) is 35.9 Å². The molecule has 1 aliphatic rings. The maximum atomic E-state index is 12.0. The smallest absolute Gasteiger partial charge is 0.136 e. The number of hydrogen-bond acceptors (Lipinski definition) is 2. The van der Waals surface area contributed by atoms with Gasteiger partial charge >= 0.3 is 0 Å². The zero-order valence-corrected chi connectivity index (χ0v) is 11.6. The minimum atomic E-state index is 0.248. The van der Waals surface area contributed by atoms with E-state index in [-0.39, 0.29) is 12.5 Å². The number of benzene rings is 1. The van der Waals surface area contributed by atoms with Gasteiger partial charge in [0.2, 0.25) is 0 Å². The predicted molar refractivity (Wildman–Crippen MR) is 77.1 cm³/mol. The van der Waals surface area contributed by atoms with Crippen LogP contribution in [-0.2, 0) is 4.79 Å². The van der Waals surface area contributed by atoms with Crippen LogP contribution in [0.1, 0.15) is 56.4 Å². The maximum Gasteiger partial charge on any atom is 0.136 e. The molecule has 2 nitrogen and oxygen atoms in total. The van der Waals surface area contributed by atoms with Crippen molar-refractivity contribution in [2.45, 2.75) is 50.9 Å². The van der Waals surface area contributed by atoms with Crippen LogP contribution in [0.15, 0.2) is 30.3 Å². The fourth-order valence-electron chi connectivity index (χ4n) is 3.10. The average Bonchev–Trinajstić information content (AvgIpc) is 2.46. The van der Waals surface area contributed by atoms with Gasteiger partial charge in [-0.3, -0.25) is 4.79 Å². The molecule has 0 saturated heterocycles. The predicted octanol–water partition coefficient (Wildman–Crippen LogP) is 3.69. The number of ketones is 1. The second kappa shape index (κ2) is 7.44. The highest BCUT2D eigenvalue weighted by Gasteiger charge is 2.28. The van der Waals surface area contributed by atoms with Crippen molar-refractivity contribution in [2.24, 2.45) is 5.92 Å². The van der Waals surface area contributed by atoms with Gasteiger partial charge in [0.05, 0.1) is 0 Å². The molecule has 0 aromatic heterocycles. The molecule has 1 fully saturated rings. The van der Waals surface area contributed by atoms with E-state index in [1.165, 1.54) is 5.56 Å². The molecule has 19 heavy (non-hydrogen) atoms. The first-order valence-electron chi connectivity index (χ1n) is 7.49. The van der Waals surface area contributed by atoms with Gasteiger partial charge in [-0.1, -0.05) is 43.2 Å². The third-order valence-electron chi connectivity index (χ3n) is 4.25. The summed E-state index contributed by atoms with van der Waals surface area (Å²) in [5.74, 6) is 1.26. The van der Waals surface area contributed by atoms with E-state index >= 15 is 0 Å². The normalized spacial score (nSPS) is 23.5. The molecular formula is C17H24O2. The van der Waals surface area contributed by atoms with Crippen molar-refractivity contribution in [3.63, 3.8) is 0 Å². The molecule has 104 valence electrons. The number of aliphatic hydroxyl groups is 1. The molecule has 1 aromatic carbocycles. The van der Waals surface area contributed by atoms with Gasteiger partial charge in [0.15, 0.2) is 0 Å². The van der Waals surface area contributed by atoms with Crippen LogP contribution in [0.5, 0.6) is 0 Å². The van der Waals surface area contributed by atoms with Gasteiger partial charge in [-0.25, -0.2) is 0 Å². The number of carbonyl (C=O) groups is 1. The minimum absolute atomic E-state index is 0.248. The number of unbranched alkanes of at least 4 members (excludes halogenated alkanes) is 2. The molecule has 2 unspecified atom stereocenters. The molecule has 2 heteroatoms. The van der Waals surface area contributed by atoms with E-state index in [2.05, 4.69) is 24.3 Å². The van der Waals surface area contributed by atoms with Gasteiger partial charge in [0.1, 0.15) is 5.78 Å². The van der Waals surface area contributed by atoms with Gasteiger partial charge < -0.3 is 5.11 Å². The van der Waals surface area contributed by atoms with Crippen molar-refractivity contribution in [1.29, 1.82) is 0 Å². The monoisotopic (exact) mass is 260 g/mol. The number of hydrogen-bond donors (Lipinski definition) is 1. The van der Waals surface area contributed by atoms with Crippen molar-refractivity contribution in [3.8, 4) is 0 Å². The fourth-order valence-corrected chi connectivity index (χ4v) is 3.10. The third kappa shape index (κ3) is 4.17. The van der Waals surface area contributed by atoms with Crippen LogP contribution in [0.3, 0.4) is 0 Å². The first-order chi connectivity index (χ1) is 9.31. The molecule has 0 spiro atoms. The van der Waals surface area contributed by atoms with Crippen molar-refractivity contribution >= 4 is 5.78 Å². The zero-order chi connectivity index (χ0) is 13.5. The van der Waals surface area contributed by atoms with E-state index in [1.54, 1.807) is 0 Å². The van der Waals surface area contributed by atoms with Crippen molar-refractivity contribution in [1.82, 2.24) is 0 Å². The molecule has 0 radical (unpaired) electrons. The van der Waals surface area contributed by atoms with Crippen LogP contribution in [0.4, 0.5) is 0 Å². The lowest BCUT2D eigenvalue weighted by atomic mass is 9.75. The van der Waals surface area contributed by atoms with Gasteiger partial charge in [0, 0.05) is 18.9 Å². The Hall–Kier alpha value is -1.15. The van der Waals surface area contributed by atoms with Gasteiger partial charge in [-0.15, -0.1) is 0 Å². The highest BCUT2D eigenvalue weighted by molar-refractivity contribution is 5.82. The summed E-state index contributed by atoms with van der Waals surface area (Å²) in [5, 5.41) is 8.78. The first kappa shape index (κ1) is 14.3. The highest BCUT2D eigenvalue weighted by Crippen LogP contribution is 2.36. The minimum Gasteiger partial charge on any atom is -0.396 e. The summed E-state index contributed by atoms with van der Waals surface area (Å²) >= 11 is 0. The number of aliphatic hydroxyl groups excluding tert-OH is 1. The third-order valence-corrected chi connectivity index (χ3v) is 4.25. The van der Waals surface area contributed by atoms with E-state index in [9.17, 15) is 4.79 Å². The summed E-state index contributed by atoms with van der Waals surface area (Å²) in [4.78, 5) is 12.0. The lowest BCUT2D eigenvalue weighted by Gasteiger charge is -2.28. The van der Waals surface area contributed by atoms with E-state index in [0.29, 0.717) is 11.7 Å². The largest absolute Gasteiger partial charge is 0.396 e. The molecule has 0 aliphatic heterocycles. The molecule has 2 rings (SSSR count). The Morgan fingerprint density at radius 2 is 1.89 bits per heavy atom. The SMILES string of the molecule is O=C1CCC(c2ccccc2)CC1CCCCCO. The van der Waals surface area contributed by atoms with Crippen molar-refractivity contribution in [2.75, 3.05) is 6.61 Å². The van der Waals surface area contributed by atoms with Crippen LogP contribution in [0.25, 0.3) is 0 Å². The highest BCUT2D eigenvalue weighted by atomic mass is 16.2. The summed E-state index contributed by atoms with van der Waals surface area (Å²) in [5.41, 5.74) is 1.38. The fraction of sp³-hybridized carbons (Fsp3) is 0.588. The van der Waals surface area contributed by atoms with E-state index in [4.69, 9.17) is 5.11 Å². The van der Waals surface area contributed by atoms with Gasteiger partial charge in [-0.05, 0) is 37.2 Å². The van der Waals surface area contributed by atoms with E-state index in [1.807, 2.05) is 6.07 Å². The molecule has 0 amide bonds. The topological polar surface area (TPSA) is 37.3 Å². The molecule has 1 saturated carbocycles. The lowest BCUT2D eigenvalue weighted by Crippen LogP contribution is -2.24. The molecule has 2 atom stereocenters. The van der Waals surface area contributed by atoms with Crippen LogP contribution in [-0.4, -0.2) is 17.5 Å². The lowest BCUT2D eigenvalue weighted by molar-refractivity contribution is -0.125. The summed E-state index contributed by atoms with van der Waals surface area (Å²) in [7, 11) is 0. The average molecular weight is 260 g/mol. The molecule has 1 N–H and O–H groups in total. The second-order valence-electron chi connectivity index (χ2n) is 5.62. The van der Waals surface area contributed by atoms with Gasteiger partial charge in [-0.2, -0.15) is 0 Å². The second-order valence-corrected chi connectivity index (χ2v) is 5.62. The Morgan fingerprint density at radius 3 is 2.63 bits per heavy atom. The molecule has 1 aromatic rings. The zero-order valence-electron chi connectivity index (χ0n) is 11.6. The van der Waals surface area contributed by atoms with Crippen molar-refractivity contribution < 1.29 is 9.90 Å². The molecule has 0 heterocycles. The molecular weight excluding hydrogens is 236 g/mol. The van der Waals surface area contributed by atoms with Crippen LogP contribution >= 0.6 is 0 Å². The van der Waals surface area contributed by atoms with E-state index in [0.717, 1.165) is 44.9 Å². The Kier molecular flexibility index (Phi) is 5.59. The summed E-state index contributed by atoms with van der Waals surface area (Å²) in [6.45, 7) is 0.269. The van der Waals surface area contributed by atoms with E-state index < -0.39 is 0 Å². The van der Waals surface area contributed by atoms with Gasteiger partial charge in [0.25, 0.3) is 0 Å². The summed E-state index contributed by atoms with van der Waals surface area (Å²) in [6, 6.07) is 10.6. The number of Topliss-reactive ketones (excluding diaryl/α,β-unsaturated/α-hetero) is 1. The van der Waals surface area contributed by atoms with Crippen LogP contribution in [0, 0.1) is 5.92 Å². The molecule has 0 bridgehead atoms. The van der Waals surface area contributed by atoms with Crippen LogP contribution in [0.2, 0.25) is 0 Å². The standard InChI is InChI=1S/C17H24O2/c18-12-6-2-5-9-16-13-15(10-11-17(16)19)14-7-3-1-4-8-14/h1,3-4,7-8,15-16,18H,2,5-6,9-13H2. The molecule has 1 aliphatic carbocycles. The number of carbonyl (C=O) groups excluding carboxylic acids is 1. The Morgan fingerprint density at radius 1 is 1.11 bits per heavy atom. The quantitative estimate of drug-likeness (QED) is 0.792. The summed E-state index contributed by atoms with van der Waals surface area (Å²) in [6.07, 6.45) is 6.74. The number of rotatable bonds is 6. The van der Waals surface area contributed by atoms with Crippen LogP contribution < -0.4 is 0 Å². The Bertz CT molecular complexity index is 386. The maximum absolute atomic E-state index is 12.0. The first-order valence-corrected chi connectivity index (χ1v) is 7.49.